The summed E-state index contributed by atoms with van der Waals surface area (Å²) in [7, 11) is 0. The quantitative estimate of drug-likeness (QED) is 0.687. The van der Waals surface area contributed by atoms with Crippen molar-refractivity contribution in [3.63, 3.8) is 0 Å². The number of hydrogen-bond donors (Lipinski definition) is 2. The maximum Gasteiger partial charge on any atom is 0.255 e. The first-order chi connectivity index (χ1) is 13.6. The molecule has 0 radical (unpaired) electrons. The molecular formula is C22H19ClN4O. The van der Waals surface area contributed by atoms with Gasteiger partial charge in [0.15, 0.2) is 0 Å². The maximum atomic E-state index is 12.5. The molecule has 1 aromatic heterocycles. The second-order valence-corrected chi connectivity index (χ2v) is 7.47. The van der Waals surface area contributed by atoms with Crippen molar-refractivity contribution in [2.24, 2.45) is 0 Å². The third kappa shape index (κ3) is 2.62. The zero-order valence-electron chi connectivity index (χ0n) is 15.4. The number of hydrogen-bond acceptors (Lipinski definition) is 3. The van der Waals surface area contributed by atoms with Gasteiger partial charge in [-0.2, -0.15) is 5.10 Å². The molecule has 3 aromatic rings. The number of para-hydroxylation sites is 2. The SMILES string of the molecule is Cc1nn(-c2ccccc2)c2c1C(Cl)=C(C1NC(=O)c3ccccc3N1)CC2. The van der Waals surface area contributed by atoms with E-state index in [9.17, 15) is 4.79 Å². The lowest BCUT2D eigenvalue weighted by Gasteiger charge is -2.32. The Balaban J connectivity index is 1.56. The predicted molar refractivity (Wildman–Crippen MR) is 111 cm³/mol. The van der Waals surface area contributed by atoms with Gasteiger partial charge in [-0.3, -0.25) is 4.79 Å². The van der Waals surface area contributed by atoms with E-state index >= 15 is 0 Å². The summed E-state index contributed by atoms with van der Waals surface area (Å²) in [5, 5.41) is 11.9. The Morgan fingerprint density at radius 1 is 1.04 bits per heavy atom. The molecule has 0 spiro atoms. The van der Waals surface area contributed by atoms with E-state index in [1.165, 1.54) is 0 Å². The summed E-state index contributed by atoms with van der Waals surface area (Å²) >= 11 is 6.86. The molecule has 0 fully saturated rings. The van der Waals surface area contributed by atoms with Gasteiger partial charge in [-0.05, 0) is 49.6 Å². The third-order valence-corrected chi connectivity index (χ3v) is 5.82. The molecule has 5 rings (SSSR count). The topological polar surface area (TPSA) is 59.0 Å². The number of fused-ring (bicyclic) bond motifs is 2. The van der Waals surface area contributed by atoms with Crippen LogP contribution in [0.5, 0.6) is 0 Å². The van der Waals surface area contributed by atoms with E-state index in [-0.39, 0.29) is 12.1 Å². The number of carbonyl (C=O) groups is 1. The molecule has 2 heterocycles. The lowest BCUT2D eigenvalue weighted by molar-refractivity contribution is 0.0941. The lowest BCUT2D eigenvalue weighted by Crippen LogP contribution is -2.46. The molecule has 0 bridgehead atoms. The smallest absolute Gasteiger partial charge is 0.255 e. The summed E-state index contributed by atoms with van der Waals surface area (Å²) < 4.78 is 1.98. The first-order valence-electron chi connectivity index (χ1n) is 9.33. The number of aryl methyl sites for hydroxylation is 1. The number of aromatic nitrogens is 2. The van der Waals surface area contributed by atoms with Crippen LogP contribution in [0.4, 0.5) is 5.69 Å². The van der Waals surface area contributed by atoms with Gasteiger partial charge < -0.3 is 10.6 Å². The van der Waals surface area contributed by atoms with E-state index in [1.807, 2.05) is 66.2 Å². The maximum absolute atomic E-state index is 12.5. The van der Waals surface area contributed by atoms with Gasteiger partial charge in [-0.1, -0.05) is 41.9 Å². The number of rotatable bonds is 2. The first kappa shape index (κ1) is 17.1. The van der Waals surface area contributed by atoms with Gasteiger partial charge in [0.05, 0.1) is 27.7 Å². The predicted octanol–water partition coefficient (Wildman–Crippen LogP) is 4.26. The van der Waals surface area contributed by atoms with E-state index < -0.39 is 0 Å². The molecule has 2 N–H and O–H groups in total. The highest BCUT2D eigenvalue weighted by atomic mass is 35.5. The summed E-state index contributed by atoms with van der Waals surface area (Å²) in [6, 6.07) is 17.6. The van der Waals surface area contributed by atoms with Crippen LogP contribution in [0, 0.1) is 6.92 Å². The lowest BCUT2D eigenvalue weighted by atomic mass is 9.92. The largest absolute Gasteiger partial charge is 0.361 e. The van der Waals surface area contributed by atoms with Gasteiger partial charge in [-0.25, -0.2) is 4.68 Å². The van der Waals surface area contributed by atoms with Crippen molar-refractivity contribution in [2.75, 3.05) is 5.32 Å². The normalized spacial score (nSPS) is 18.2. The zero-order chi connectivity index (χ0) is 19.3. The van der Waals surface area contributed by atoms with Crippen LogP contribution in [0.15, 0.2) is 60.2 Å². The number of amides is 1. The van der Waals surface area contributed by atoms with Crippen molar-refractivity contribution in [3.05, 3.63) is 82.7 Å². The van der Waals surface area contributed by atoms with Crippen molar-refractivity contribution >= 4 is 28.2 Å². The Morgan fingerprint density at radius 3 is 2.61 bits per heavy atom. The van der Waals surface area contributed by atoms with Gasteiger partial charge in [0.1, 0.15) is 6.17 Å². The summed E-state index contributed by atoms with van der Waals surface area (Å²) in [4.78, 5) is 12.5. The van der Waals surface area contributed by atoms with Crippen LogP contribution >= 0.6 is 11.6 Å². The summed E-state index contributed by atoms with van der Waals surface area (Å²) in [6.45, 7) is 1.98. The number of nitrogens with zero attached hydrogens (tertiary/aromatic N) is 2. The van der Waals surface area contributed by atoms with E-state index in [0.717, 1.165) is 46.7 Å². The average Bonchev–Trinajstić information content (AvgIpc) is 3.06. The Labute approximate surface area is 168 Å². The molecule has 1 atom stereocenters. The van der Waals surface area contributed by atoms with Crippen LogP contribution < -0.4 is 10.6 Å². The van der Waals surface area contributed by atoms with Crippen LogP contribution in [-0.4, -0.2) is 21.9 Å². The molecular weight excluding hydrogens is 372 g/mol. The number of halogens is 1. The molecule has 1 aliphatic heterocycles. The second kappa shape index (κ2) is 6.53. The monoisotopic (exact) mass is 390 g/mol. The van der Waals surface area contributed by atoms with E-state index in [4.69, 9.17) is 16.7 Å². The summed E-state index contributed by atoms with van der Waals surface area (Å²) in [6.07, 6.45) is 1.25. The van der Waals surface area contributed by atoms with Gasteiger partial charge in [0, 0.05) is 11.3 Å². The Hall–Kier alpha value is -3.05. The standard InChI is InChI=1S/C22H19ClN4O/c1-13-19-18(27(26-13)14-7-3-2-4-8-14)12-11-16(20(19)23)21-24-17-10-6-5-9-15(17)22(28)25-21/h2-10,21,24H,11-12H2,1H3,(H,25,28). The fourth-order valence-corrected chi connectivity index (χ4v) is 4.50. The van der Waals surface area contributed by atoms with Crippen molar-refractivity contribution in [1.82, 2.24) is 15.1 Å². The highest BCUT2D eigenvalue weighted by molar-refractivity contribution is 6.49. The van der Waals surface area contributed by atoms with Gasteiger partial charge >= 0.3 is 0 Å². The molecule has 140 valence electrons. The number of anilines is 1. The van der Waals surface area contributed by atoms with Crippen LogP contribution in [-0.2, 0) is 6.42 Å². The summed E-state index contributed by atoms with van der Waals surface area (Å²) in [5.74, 6) is -0.0844. The third-order valence-electron chi connectivity index (χ3n) is 5.38. The fraction of sp³-hybridized carbons (Fsp3) is 0.182. The van der Waals surface area contributed by atoms with Crippen LogP contribution in [0.25, 0.3) is 10.7 Å². The minimum Gasteiger partial charge on any atom is -0.361 e. The van der Waals surface area contributed by atoms with Gasteiger partial charge in [0.25, 0.3) is 5.91 Å². The van der Waals surface area contributed by atoms with Crippen molar-refractivity contribution in [2.45, 2.75) is 25.9 Å². The van der Waals surface area contributed by atoms with Gasteiger partial charge in [0.2, 0.25) is 0 Å². The van der Waals surface area contributed by atoms with Crippen LogP contribution in [0.1, 0.15) is 33.7 Å². The molecule has 1 amide bonds. The Bertz CT molecular complexity index is 1120. The molecule has 28 heavy (non-hydrogen) atoms. The number of benzene rings is 2. The molecule has 0 saturated carbocycles. The van der Waals surface area contributed by atoms with E-state index in [1.54, 1.807) is 0 Å². The minimum atomic E-state index is -0.317. The van der Waals surface area contributed by atoms with E-state index in [0.29, 0.717) is 10.6 Å². The average molecular weight is 391 g/mol. The Morgan fingerprint density at radius 2 is 1.79 bits per heavy atom. The minimum absolute atomic E-state index is 0.0844. The fourth-order valence-electron chi connectivity index (χ4n) is 4.05. The number of carbonyl (C=O) groups excluding carboxylic acids is 1. The van der Waals surface area contributed by atoms with Crippen LogP contribution in [0.3, 0.4) is 0 Å². The van der Waals surface area contributed by atoms with Crippen molar-refractivity contribution in [1.29, 1.82) is 0 Å². The summed E-state index contributed by atoms with van der Waals surface area (Å²) in [5.41, 5.74) is 6.48. The highest BCUT2D eigenvalue weighted by Gasteiger charge is 2.32. The molecule has 5 nitrogen and oxygen atoms in total. The second-order valence-electron chi connectivity index (χ2n) is 7.09. The van der Waals surface area contributed by atoms with Crippen LogP contribution in [0.2, 0.25) is 0 Å². The molecule has 1 aliphatic carbocycles. The van der Waals surface area contributed by atoms with E-state index in [2.05, 4.69) is 10.6 Å². The number of nitrogens with one attached hydrogen (secondary N) is 2. The molecule has 0 saturated heterocycles. The molecule has 2 aromatic carbocycles. The highest BCUT2D eigenvalue weighted by Crippen LogP contribution is 2.39. The first-order valence-corrected chi connectivity index (χ1v) is 9.70. The molecule has 1 unspecified atom stereocenters. The van der Waals surface area contributed by atoms with Gasteiger partial charge in [-0.15, -0.1) is 0 Å². The van der Waals surface area contributed by atoms with Crippen molar-refractivity contribution < 1.29 is 4.79 Å². The molecule has 2 aliphatic rings. The zero-order valence-corrected chi connectivity index (χ0v) is 16.1. The van der Waals surface area contributed by atoms with Crippen molar-refractivity contribution in [3.8, 4) is 5.69 Å². The molecule has 6 heteroatoms. The Kier molecular flexibility index (Phi) is 3.98.